The Hall–Kier alpha value is -2.68. The Morgan fingerprint density at radius 3 is 2.44 bits per heavy atom. The fourth-order valence-electron chi connectivity index (χ4n) is 3.19. The van der Waals surface area contributed by atoms with Crippen LogP contribution in [0.2, 0.25) is 5.02 Å². The lowest BCUT2D eigenvalue weighted by molar-refractivity contribution is -0.119. The van der Waals surface area contributed by atoms with E-state index >= 15 is 0 Å². The summed E-state index contributed by atoms with van der Waals surface area (Å²) in [5, 5.41) is 3.15. The summed E-state index contributed by atoms with van der Waals surface area (Å²) in [5.41, 5.74) is 1.13. The molecule has 34 heavy (non-hydrogen) atoms. The molecule has 0 aliphatic carbocycles. The molecule has 3 aromatic rings. The van der Waals surface area contributed by atoms with Gasteiger partial charge in [-0.25, -0.2) is 8.42 Å². The normalized spacial score (nSPS) is 11.1. The number of benzene rings is 3. The number of rotatable bonds is 11. The molecule has 0 fully saturated rings. The van der Waals surface area contributed by atoms with Crippen molar-refractivity contribution in [2.45, 2.75) is 23.1 Å². The highest BCUT2D eigenvalue weighted by Gasteiger charge is 2.29. The topological polar surface area (TPSA) is 75.7 Å². The number of halogens is 1. The molecule has 0 aliphatic rings. The van der Waals surface area contributed by atoms with E-state index in [1.54, 1.807) is 36.0 Å². The fourth-order valence-corrected chi connectivity index (χ4v) is 5.65. The van der Waals surface area contributed by atoms with E-state index in [-0.39, 0.29) is 10.6 Å². The largest absolute Gasteiger partial charge is 0.495 e. The predicted octanol–water partition coefficient (Wildman–Crippen LogP) is 5.15. The zero-order valence-corrected chi connectivity index (χ0v) is 21.4. The maximum Gasteiger partial charge on any atom is 0.264 e. The van der Waals surface area contributed by atoms with Gasteiger partial charge in [-0.05, 0) is 61.6 Å². The first-order valence-corrected chi connectivity index (χ1v) is 13.5. The highest BCUT2D eigenvalue weighted by molar-refractivity contribution is 7.99. The average Bonchev–Trinajstić information content (AvgIpc) is 2.83. The van der Waals surface area contributed by atoms with Crippen molar-refractivity contribution in [2.24, 2.45) is 0 Å². The van der Waals surface area contributed by atoms with Crippen molar-refractivity contribution < 1.29 is 17.9 Å². The zero-order chi connectivity index (χ0) is 24.6. The van der Waals surface area contributed by atoms with E-state index < -0.39 is 22.5 Å². The minimum Gasteiger partial charge on any atom is -0.495 e. The number of ether oxygens (including phenoxy) is 1. The summed E-state index contributed by atoms with van der Waals surface area (Å²) in [4.78, 5) is 14.0. The molecule has 0 atom stereocenters. The van der Waals surface area contributed by atoms with Crippen molar-refractivity contribution in [3.05, 3.63) is 83.4 Å². The predicted molar refractivity (Wildman–Crippen MR) is 139 cm³/mol. The lowest BCUT2D eigenvalue weighted by Crippen LogP contribution is -2.41. The van der Waals surface area contributed by atoms with Gasteiger partial charge >= 0.3 is 0 Å². The fraction of sp³-hybridized carbons (Fsp3) is 0.240. The Labute approximate surface area is 210 Å². The van der Waals surface area contributed by atoms with Crippen molar-refractivity contribution >= 4 is 45.0 Å². The Morgan fingerprint density at radius 1 is 1.06 bits per heavy atom. The lowest BCUT2D eigenvalue weighted by Gasteiger charge is -2.26. The van der Waals surface area contributed by atoms with Crippen molar-refractivity contribution in [1.82, 2.24) is 5.32 Å². The molecule has 0 unspecified atom stereocenters. The number of thioether (sulfide) groups is 1. The van der Waals surface area contributed by atoms with Gasteiger partial charge in [0.05, 0.1) is 17.7 Å². The Bertz CT molecular complexity index is 1200. The Kier molecular flexibility index (Phi) is 9.27. The van der Waals surface area contributed by atoms with Gasteiger partial charge in [0.2, 0.25) is 5.91 Å². The van der Waals surface area contributed by atoms with E-state index in [4.69, 9.17) is 16.3 Å². The van der Waals surface area contributed by atoms with Crippen LogP contribution >= 0.6 is 23.4 Å². The lowest BCUT2D eigenvalue weighted by atomic mass is 10.2. The van der Waals surface area contributed by atoms with Gasteiger partial charge < -0.3 is 10.1 Å². The third-order valence-electron chi connectivity index (χ3n) is 4.96. The van der Waals surface area contributed by atoms with Crippen LogP contribution in [-0.2, 0) is 14.8 Å². The number of amides is 1. The monoisotopic (exact) mass is 518 g/mol. The summed E-state index contributed by atoms with van der Waals surface area (Å²) in [6.07, 6.45) is 0.747. The van der Waals surface area contributed by atoms with Crippen molar-refractivity contribution in [2.75, 3.05) is 30.3 Å². The molecule has 6 nitrogen and oxygen atoms in total. The SMILES string of the molecule is COc1ccc(Cl)cc1N(CC(=O)NCCCSc1ccccc1)S(=O)(=O)c1ccc(C)cc1. The number of sulfonamides is 1. The van der Waals surface area contributed by atoms with E-state index in [1.165, 1.54) is 25.3 Å². The number of anilines is 1. The molecule has 0 saturated carbocycles. The standard InChI is InChI=1S/C25H27ClN2O4S2/c1-19-9-12-22(13-10-19)34(30,31)28(23-17-20(26)11-14-24(23)32-2)18-25(29)27-15-6-16-33-21-7-4-3-5-8-21/h3-5,7-14,17H,6,15-16,18H2,1-2H3,(H,27,29). The summed E-state index contributed by atoms with van der Waals surface area (Å²) in [7, 11) is -2.62. The van der Waals surface area contributed by atoms with Gasteiger partial charge in [-0.2, -0.15) is 0 Å². The summed E-state index contributed by atoms with van der Waals surface area (Å²) < 4.78 is 33.5. The number of methoxy groups -OCH3 is 1. The van der Waals surface area contributed by atoms with Crippen LogP contribution in [-0.4, -0.2) is 40.3 Å². The van der Waals surface area contributed by atoms with E-state index in [9.17, 15) is 13.2 Å². The molecule has 9 heteroatoms. The maximum absolute atomic E-state index is 13.5. The van der Waals surface area contributed by atoms with Gasteiger partial charge in [-0.15, -0.1) is 11.8 Å². The number of carbonyl (C=O) groups excluding carboxylic acids is 1. The number of hydrogen-bond acceptors (Lipinski definition) is 5. The molecule has 0 aromatic heterocycles. The van der Waals surface area contributed by atoms with Gasteiger partial charge in [-0.3, -0.25) is 9.10 Å². The summed E-state index contributed by atoms with van der Waals surface area (Å²) in [6, 6.07) is 21.1. The van der Waals surface area contributed by atoms with Crippen LogP contribution in [0.1, 0.15) is 12.0 Å². The molecule has 3 rings (SSSR count). The first-order valence-electron chi connectivity index (χ1n) is 10.7. The minimum atomic E-state index is -4.06. The zero-order valence-electron chi connectivity index (χ0n) is 19.0. The maximum atomic E-state index is 13.5. The number of nitrogens with zero attached hydrogens (tertiary/aromatic N) is 1. The second-order valence-corrected chi connectivity index (χ2v) is 11.0. The van der Waals surface area contributed by atoms with Gasteiger partial charge in [0.25, 0.3) is 10.0 Å². The highest BCUT2D eigenvalue weighted by atomic mass is 35.5. The summed E-state index contributed by atoms with van der Waals surface area (Å²) in [5.74, 6) is 0.715. The first-order chi connectivity index (χ1) is 16.3. The molecule has 180 valence electrons. The molecule has 0 spiro atoms. The van der Waals surface area contributed by atoms with E-state index in [0.717, 1.165) is 26.9 Å². The molecule has 1 amide bonds. The molecule has 0 radical (unpaired) electrons. The second kappa shape index (κ2) is 12.1. The van der Waals surface area contributed by atoms with Crippen molar-refractivity contribution in [3.8, 4) is 5.75 Å². The van der Waals surface area contributed by atoms with Crippen molar-refractivity contribution in [1.29, 1.82) is 0 Å². The molecule has 0 aliphatic heterocycles. The molecule has 3 aromatic carbocycles. The molecule has 1 N–H and O–H groups in total. The third kappa shape index (κ3) is 6.91. The highest BCUT2D eigenvalue weighted by Crippen LogP contribution is 2.34. The molecular formula is C25H27ClN2O4S2. The second-order valence-electron chi connectivity index (χ2n) is 7.51. The quantitative estimate of drug-likeness (QED) is 0.280. The smallest absolute Gasteiger partial charge is 0.264 e. The van der Waals surface area contributed by atoms with Gasteiger partial charge in [-0.1, -0.05) is 47.5 Å². The molecular weight excluding hydrogens is 492 g/mol. The number of hydrogen-bond donors (Lipinski definition) is 1. The van der Waals surface area contributed by atoms with Crippen molar-refractivity contribution in [3.63, 3.8) is 0 Å². The molecule has 0 heterocycles. The van der Waals surface area contributed by atoms with Crippen LogP contribution in [0.25, 0.3) is 0 Å². The van der Waals surface area contributed by atoms with Crippen LogP contribution in [0.15, 0.2) is 82.6 Å². The molecule has 0 bridgehead atoms. The minimum absolute atomic E-state index is 0.0761. The van der Waals surface area contributed by atoms with Gasteiger partial charge in [0.15, 0.2) is 0 Å². The Morgan fingerprint density at radius 2 is 1.76 bits per heavy atom. The first kappa shape index (κ1) is 25.9. The Balaban J connectivity index is 1.74. The number of nitrogens with one attached hydrogen (secondary N) is 1. The van der Waals surface area contributed by atoms with E-state index in [0.29, 0.717) is 17.3 Å². The van der Waals surface area contributed by atoms with Crippen LogP contribution < -0.4 is 14.4 Å². The van der Waals surface area contributed by atoms with Gasteiger partial charge in [0.1, 0.15) is 12.3 Å². The van der Waals surface area contributed by atoms with E-state index in [1.807, 2.05) is 37.3 Å². The van der Waals surface area contributed by atoms with Crippen LogP contribution in [0.3, 0.4) is 0 Å². The average molecular weight is 519 g/mol. The number of carbonyl (C=O) groups is 1. The summed E-state index contributed by atoms with van der Waals surface area (Å²) in [6.45, 7) is 1.90. The number of aryl methyl sites for hydroxylation is 1. The van der Waals surface area contributed by atoms with E-state index in [2.05, 4.69) is 5.32 Å². The third-order valence-corrected chi connectivity index (χ3v) is 8.07. The van der Waals surface area contributed by atoms with Gasteiger partial charge in [0, 0.05) is 16.5 Å². The van der Waals surface area contributed by atoms with Crippen LogP contribution in [0.5, 0.6) is 5.75 Å². The van der Waals surface area contributed by atoms with Crippen LogP contribution in [0.4, 0.5) is 5.69 Å². The van der Waals surface area contributed by atoms with Crippen LogP contribution in [0, 0.1) is 6.92 Å². The summed E-state index contributed by atoms with van der Waals surface area (Å²) >= 11 is 7.86. The molecule has 0 saturated heterocycles.